The molecule has 6 nitrogen and oxygen atoms in total. The van der Waals surface area contributed by atoms with Gasteiger partial charge in [0.25, 0.3) is 0 Å². The number of hydrogen-bond acceptors (Lipinski definition) is 4. The lowest BCUT2D eigenvalue weighted by atomic mass is 9.82. The van der Waals surface area contributed by atoms with Crippen LogP contribution in [-0.2, 0) is 9.53 Å². The average Bonchev–Trinajstić information content (AvgIpc) is 3.33. The smallest absolute Gasteiger partial charge is 0.343 e. The van der Waals surface area contributed by atoms with Crippen molar-refractivity contribution in [3.8, 4) is 5.69 Å². The minimum absolute atomic E-state index is 0.0408. The Kier molecular flexibility index (Phi) is 8.59. The number of amides is 1. The van der Waals surface area contributed by atoms with Crippen molar-refractivity contribution in [3.63, 3.8) is 0 Å². The summed E-state index contributed by atoms with van der Waals surface area (Å²) in [6.45, 7) is 8.20. The van der Waals surface area contributed by atoms with Gasteiger partial charge < -0.3 is 4.74 Å². The first-order valence-corrected chi connectivity index (χ1v) is 13.3. The molecule has 0 unspecified atom stereocenters. The third-order valence-corrected chi connectivity index (χ3v) is 6.96. The number of carbonyl (C=O) groups is 2. The van der Waals surface area contributed by atoms with Crippen molar-refractivity contribution in [1.82, 2.24) is 9.78 Å². The molecule has 0 bridgehead atoms. The van der Waals surface area contributed by atoms with Crippen LogP contribution in [0.3, 0.4) is 0 Å². The molecule has 4 rings (SSSR count). The number of benzene rings is 2. The second-order valence-corrected chi connectivity index (χ2v) is 10.1. The van der Waals surface area contributed by atoms with Crippen LogP contribution in [0.1, 0.15) is 74.9 Å². The average molecular weight is 500 g/mol. The van der Waals surface area contributed by atoms with Crippen molar-refractivity contribution < 1.29 is 14.3 Å². The van der Waals surface area contributed by atoms with E-state index in [-0.39, 0.29) is 24.5 Å². The molecule has 37 heavy (non-hydrogen) atoms. The van der Waals surface area contributed by atoms with Crippen LogP contribution in [0.4, 0.5) is 5.82 Å². The van der Waals surface area contributed by atoms with Gasteiger partial charge in [0.1, 0.15) is 5.56 Å². The van der Waals surface area contributed by atoms with Gasteiger partial charge in [0.2, 0.25) is 5.91 Å². The minimum Gasteiger partial charge on any atom is -0.462 e. The molecule has 194 valence electrons. The van der Waals surface area contributed by atoms with Crippen LogP contribution in [0.15, 0.2) is 60.8 Å². The Morgan fingerprint density at radius 1 is 1.00 bits per heavy atom. The fourth-order valence-corrected chi connectivity index (χ4v) is 4.83. The molecule has 1 aliphatic rings. The maximum absolute atomic E-state index is 13.7. The Morgan fingerprint density at radius 2 is 1.62 bits per heavy atom. The molecule has 2 aromatic carbocycles. The molecule has 1 aromatic heterocycles. The van der Waals surface area contributed by atoms with E-state index in [1.54, 1.807) is 22.7 Å². The van der Waals surface area contributed by atoms with Crippen LogP contribution in [0.25, 0.3) is 17.8 Å². The molecule has 0 radical (unpaired) electrons. The fourth-order valence-electron chi connectivity index (χ4n) is 4.83. The topological polar surface area (TPSA) is 64.4 Å². The Balaban J connectivity index is 1.64. The predicted octanol–water partition coefficient (Wildman–Crippen LogP) is 6.79. The maximum atomic E-state index is 13.7. The van der Waals surface area contributed by atoms with Crippen molar-refractivity contribution in [2.75, 3.05) is 11.5 Å². The second kappa shape index (κ2) is 12.0. The Labute approximate surface area is 219 Å². The number of carbonyl (C=O) groups excluding carboxylic acids is 2. The highest BCUT2D eigenvalue weighted by Crippen LogP contribution is 2.33. The number of aromatic nitrogens is 2. The molecule has 0 N–H and O–H groups in total. The fraction of sp³-hybridized carbons (Fsp3) is 0.387. The molecular weight excluding hydrogens is 462 g/mol. The second-order valence-electron chi connectivity index (χ2n) is 10.1. The van der Waals surface area contributed by atoms with Gasteiger partial charge in [-0.2, -0.15) is 0 Å². The summed E-state index contributed by atoms with van der Waals surface area (Å²) in [6.07, 6.45) is 9.64. The highest BCUT2D eigenvalue weighted by atomic mass is 16.5. The van der Waals surface area contributed by atoms with E-state index in [1.165, 1.54) is 0 Å². The monoisotopic (exact) mass is 499 g/mol. The summed E-state index contributed by atoms with van der Waals surface area (Å²) in [6, 6.07) is 17.9. The normalized spacial score (nSPS) is 17.8. The molecule has 1 fully saturated rings. The van der Waals surface area contributed by atoms with Crippen molar-refractivity contribution in [3.05, 3.63) is 77.5 Å². The van der Waals surface area contributed by atoms with E-state index >= 15 is 0 Å². The Morgan fingerprint density at radius 3 is 2.22 bits per heavy atom. The van der Waals surface area contributed by atoms with Gasteiger partial charge in [0.05, 0.1) is 12.3 Å². The number of rotatable bonds is 8. The van der Waals surface area contributed by atoms with Crippen LogP contribution in [0, 0.1) is 11.8 Å². The van der Waals surface area contributed by atoms with Crippen LogP contribution >= 0.6 is 0 Å². The third-order valence-electron chi connectivity index (χ3n) is 6.96. The number of esters is 1. The zero-order valence-corrected chi connectivity index (χ0v) is 22.3. The largest absolute Gasteiger partial charge is 0.462 e. The highest BCUT2D eigenvalue weighted by molar-refractivity contribution is 6.02. The summed E-state index contributed by atoms with van der Waals surface area (Å²) < 4.78 is 7.01. The van der Waals surface area contributed by atoms with E-state index in [2.05, 4.69) is 31.2 Å². The molecule has 1 heterocycles. The number of anilines is 1. The standard InChI is InChI=1S/C31H37N3O3/c1-5-37-31(36)28-21-33(27-19-15-25(16-20-27)14-13-24-9-7-6-8-10-24)32-29(28)34(22(2)3)30(35)26-17-11-23(4)12-18-26/h6-10,13-16,19-23,26H,5,11-12,17-18H2,1-4H3. The van der Waals surface area contributed by atoms with E-state index in [9.17, 15) is 9.59 Å². The summed E-state index contributed by atoms with van der Waals surface area (Å²) in [5.41, 5.74) is 3.29. The van der Waals surface area contributed by atoms with E-state index in [1.807, 2.05) is 56.3 Å². The molecule has 1 amide bonds. The molecule has 0 saturated heterocycles. The lowest BCUT2D eigenvalue weighted by molar-refractivity contribution is -0.124. The lowest BCUT2D eigenvalue weighted by Gasteiger charge is -2.32. The predicted molar refractivity (Wildman–Crippen MR) is 149 cm³/mol. The molecule has 6 heteroatoms. The van der Waals surface area contributed by atoms with Crippen molar-refractivity contribution in [2.45, 2.75) is 59.4 Å². The summed E-state index contributed by atoms with van der Waals surface area (Å²) in [7, 11) is 0. The lowest BCUT2D eigenvalue weighted by Crippen LogP contribution is -2.43. The zero-order valence-electron chi connectivity index (χ0n) is 22.3. The van der Waals surface area contributed by atoms with Crippen LogP contribution in [0.5, 0.6) is 0 Å². The van der Waals surface area contributed by atoms with Gasteiger partial charge in [0.15, 0.2) is 5.82 Å². The van der Waals surface area contributed by atoms with Gasteiger partial charge in [0, 0.05) is 18.2 Å². The summed E-state index contributed by atoms with van der Waals surface area (Å²) in [5.74, 6) is 0.539. The molecule has 0 atom stereocenters. The molecule has 1 saturated carbocycles. The van der Waals surface area contributed by atoms with Crippen LogP contribution in [-0.4, -0.2) is 34.3 Å². The van der Waals surface area contributed by atoms with Gasteiger partial charge >= 0.3 is 5.97 Å². The van der Waals surface area contributed by atoms with E-state index in [0.717, 1.165) is 42.5 Å². The van der Waals surface area contributed by atoms with Gasteiger partial charge in [-0.1, -0.05) is 61.5 Å². The maximum Gasteiger partial charge on any atom is 0.343 e. The van der Waals surface area contributed by atoms with Crippen molar-refractivity contribution in [2.24, 2.45) is 11.8 Å². The van der Waals surface area contributed by atoms with E-state index in [0.29, 0.717) is 17.3 Å². The summed E-state index contributed by atoms with van der Waals surface area (Å²) in [5, 5.41) is 4.76. The first kappa shape index (κ1) is 26.4. The van der Waals surface area contributed by atoms with Gasteiger partial charge in [-0.25, -0.2) is 9.48 Å². The first-order chi connectivity index (χ1) is 17.9. The van der Waals surface area contributed by atoms with Crippen molar-refractivity contribution in [1.29, 1.82) is 0 Å². The molecule has 0 spiro atoms. The van der Waals surface area contributed by atoms with Gasteiger partial charge in [-0.05, 0) is 75.6 Å². The molecule has 1 aliphatic carbocycles. The van der Waals surface area contributed by atoms with Gasteiger partial charge in [-0.15, -0.1) is 5.10 Å². The molecular formula is C31H37N3O3. The van der Waals surface area contributed by atoms with E-state index < -0.39 is 5.97 Å². The Bertz CT molecular complexity index is 1220. The van der Waals surface area contributed by atoms with Crippen LogP contribution < -0.4 is 4.90 Å². The highest BCUT2D eigenvalue weighted by Gasteiger charge is 2.34. The first-order valence-electron chi connectivity index (χ1n) is 13.3. The summed E-state index contributed by atoms with van der Waals surface area (Å²) >= 11 is 0. The summed E-state index contributed by atoms with van der Waals surface area (Å²) in [4.78, 5) is 28.3. The Hall–Kier alpha value is -3.67. The minimum atomic E-state index is -0.470. The van der Waals surface area contributed by atoms with E-state index in [4.69, 9.17) is 9.84 Å². The molecule has 3 aromatic rings. The zero-order chi connectivity index (χ0) is 26.4. The van der Waals surface area contributed by atoms with Crippen molar-refractivity contribution >= 4 is 29.8 Å². The third kappa shape index (κ3) is 6.37. The number of ether oxygens (including phenoxy) is 1. The SMILES string of the molecule is CCOC(=O)c1cn(-c2ccc(C=Cc3ccccc3)cc2)nc1N(C(=O)C1CCC(C)CC1)C(C)C. The molecule has 0 aliphatic heterocycles. The van der Waals surface area contributed by atoms with Gasteiger partial charge in [-0.3, -0.25) is 9.69 Å². The quantitative estimate of drug-likeness (QED) is 0.253. The van der Waals surface area contributed by atoms with Crippen LogP contribution in [0.2, 0.25) is 0 Å². The number of nitrogens with zero attached hydrogens (tertiary/aromatic N) is 3. The number of hydrogen-bond donors (Lipinski definition) is 0.